The van der Waals surface area contributed by atoms with Crippen molar-refractivity contribution in [2.45, 2.75) is 213 Å². The summed E-state index contributed by atoms with van der Waals surface area (Å²) < 4.78 is 0. The maximum absolute atomic E-state index is 12.1. The summed E-state index contributed by atoms with van der Waals surface area (Å²) in [6.45, 7) is 6.06. The minimum Gasteiger partial charge on any atom is -0.356 e. The molecule has 0 unspecified atom stereocenters. The van der Waals surface area contributed by atoms with Crippen molar-refractivity contribution in [3.05, 3.63) is 24.3 Å². The first-order chi connectivity index (χ1) is 22.2. The van der Waals surface area contributed by atoms with Crippen LogP contribution in [0.3, 0.4) is 0 Å². The lowest BCUT2D eigenvalue weighted by Crippen LogP contribution is -2.25. The molecular weight excluding hydrogens is 552 g/mol. The van der Waals surface area contributed by atoms with Gasteiger partial charge in [-0.3, -0.25) is 9.59 Å². The van der Waals surface area contributed by atoms with Crippen LogP contribution in [0.15, 0.2) is 24.3 Å². The largest absolute Gasteiger partial charge is 0.356 e. The summed E-state index contributed by atoms with van der Waals surface area (Å²) in [4.78, 5) is 24.1. The maximum Gasteiger partial charge on any atom is 0.219 e. The second kappa shape index (κ2) is 38.6. The average Bonchev–Trinajstić information content (AvgIpc) is 3.04. The number of nitrogens with one attached hydrogen (secondary N) is 2. The molecule has 0 spiro atoms. The van der Waals surface area contributed by atoms with Gasteiger partial charge in [-0.05, 0) is 83.5 Å². The molecule has 4 heteroatoms. The molecule has 0 heterocycles. The Bertz CT molecular complexity index is 616. The second-order valence-corrected chi connectivity index (χ2v) is 13.4. The van der Waals surface area contributed by atoms with Crippen LogP contribution in [0.5, 0.6) is 0 Å². The highest BCUT2D eigenvalue weighted by Crippen LogP contribution is 2.11. The molecule has 0 fully saturated rings. The van der Waals surface area contributed by atoms with Crippen LogP contribution in [0, 0.1) is 0 Å². The number of hydrogen-bond acceptors (Lipinski definition) is 2. The van der Waals surface area contributed by atoms with Gasteiger partial charge in [-0.2, -0.15) is 0 Å². The van der Waals surface area contributed by atoms with Crippen molar-refractivity contribution >= 4 is 11.8 Å². The van der Waals surface area contributed by atoms with E-state index < -0.39 is 0 Å². The highest BCUT2D eigenvalue weighted by molar-refractivity contribution is 5.76. The summed E-state index contributed by atoms with van der Waals surface area (Å²) >= 11 is 0. The van der Waals surface area contributed by atoms with E-state index in [-0.39, 0.29) is 11.8 Å². The first kappa shape index (κ1) is 43.4. The van der Waals surface area contributed by atoms with E-state index in [4.69, 9.17) is 0 Å². The van der Waals surface area contributed by atoms with Gasteiger partial charge in [0.1, 0.15) is 0 Å². The van der Waals surface area contributed by atoms with Crippen LogP contribution in [0.2, 0.25) is 0 Å². The van der Waals surface area contributed by atoms with Gasteiger partial charge in [0.2, 0.25) is 11.8 Å². The van der Waals surface area contributed by atoms with E-state index in [1.54, 1.807) is 0 Å². The normalized spacial score (nSPS) is 11.6. The highest BCUT2D eigenvalue weighted by atomic mass is 16.2. The van der Waals surface area contributed by atoms with Gasteiger partial charge in [-0.25, -0.2) is 0 Å². The maximum atomic E-state index is 12.1. The topological polar surface area (TPSA) is 58.2 Å². The molecule has 0 aliphatic rings. The molecule has 45 heavy (non-hydrogen) atoms. The molecular formula is C41H78N2O2. The molecule has 0 atom stereocenters. The molecule has 264 valence electrons. The highest BCUT2D eigenvalue weighted by Gasteiger charge is 2.02. The first-order valence-electron chi connectivity index (χ1n) is 20.0. The van der Waals surface area contributed by atoms with Crippen molar-refractivity contribution in [2.24, 2.45) is 0 Å². The Morgan fingerprint density at radius 3 is 0.956 bits per heavy atom. The Labute approximate surface area is 281 Å². The van der Waals surface area contributed by atoms with Crippen LogP contribution in [-0.2, 0) is 9.59 Å². The summed E-state index contributed by atoms with van der Waals surface area (Å²) in [6.07, 6.45) is 47.1. The minimum atomic E-state index is 0.195. The standard InChI is InChI=1S/C41H78N2O2/c1-3-5-7-9-11-13-15-17-19-21-23-25-27-29-32-36-40(44)42-38-34-31-35-39-43-41(45)37-33-30-28-26-24-22-20-18-16-14-12-10-8-6-4-2/h17-20H,3-16,21-39H2,1-2H3,(H,42,44)(H,43,45). The molecule has 2 N–H and O–H groups in total. The predicted molar refractivity (Wildman–Crippen MR) is 199 cm³/mol. The monoisotopic (exact) mass is 631 g/mol. The average molecular weight is 631 g/mol. The fraction of sp³-hybridized carbons (Fsp3) is 0.854. The van der Waals surface area contributed by atoms with Crippen LogP contribution >= 0.6 is 0 Å². The van der Waals surface area contributed by atoms with Crippen molar-refractivity contribution in [3.63, 3.8) is 0 Å². The Morgan fingerprint density at radius 1 is 0.356 bits per heavy atom. The SMILES string of the molecule is CCCCCCCCC=CCCCCCCCC(=O)NCCCCCNC(=O)CCCCCCCC=CCCCCCCCC. The number of rotatable bonds is 36. The molecule has 0 aromatic carbocycles. The number of carbonyl (C=O) groups is 2. The molecule has 0 aromatic rings. The van der Waals surface area contributed by atoms with Gasteiger partial charge in [0, 0.05) is 25.9 Å². The summed E-state index contributed by atoms with van der Waals surface area (Å²) in [6, 6.07) is 0. The lowest BCUT2D eigenvalue weighted by molar-refractivity contribution is -0.121. The zero-order valence-corrected chi connectivity index (χ0v) is 30.5. The Morgan fingerprint density at radius 2 is 0.622 bits per heavy atom. The van der Waals surface area contributed by atoms with Crippen LogP contribution < -0.4 is 10.6 Å². The van der Waals surface area contributed by atoms with Crippen LogP contribution in [-0.4, -0.2) is 24.9 Å². The Balaban J connectivity index is 3.31. The molecule has 0 saturated heterocycles. The predicted octanol–water partition coefficient (Wildman–Crippen LogP) is 12.5. The number of amides is 2. The van der Waals surface area contributed by atoms with Crippen LogP contribution in [0.1, 0.15) is 213 Å². The van der Waals surface area contributed by atoms with Gasteiger partial charge < -0.3 is 10.6 Å². The third-order valence-electron chi connectivity index (χ3n) is 8.83. The van der Waals surface area contributed by atoms with Gasteiger partial charge in [0.25, 0.3) is 0 Å². The zero-order chi connectivity index (χ0) is 32.7. The van der Waals surface area contributed by atoms with E-state index in [1.807, 2.05) is 0 Å². The third-order valence-corrected chi connectivity index (χ3v) is 8.83. The Hall–Kier alpha value is -1.58. The lowest BCUT2D eigenvalue weighted by atomic mass is 10.1. The number of hydrogen-bond donors (Lipinski definition) is 2. The molecule has 4 nitrogen and oxygen atoms in total. The number of unbranched alkanes of at least 4 members (excludes halogenated alkanes) is 24. The summed E-state index contributed by atoms with van der Waals surface area (Å²) in [5.41, 5.74) is 0. The van der Waals surface area contributed by atoms with E-state index in [0.717, 1.165) is 58.0 Å². The molecule has 0 bridgehead atoms. The van der Waals surface area contributed by atoms with Gasteiger partial charge in [0.15, 0.2) is 0 Å². The van der Waals surface area contributed by atoms with Crippen molar-refractivity contribution in [1.82, 2.24) is 10.6 Å². The summed E-state index contributed by atoms with van der Waals surface area (Å²) in [7, 11) is 0. The van der Waals surface area contributed by atoms with E-state index >= 15 is 0 Å². The van der Waals surface area contributed by atoms with E-state index in [1.165, 1.54) is 141 Å². The van der Waals surface area contributed by atoms with E-state index in [2.05, 4.69) is 48.8 Å². The smallest absolute Gasteiger partial charge is 0.219 e. The third kappa shape index (κ3) is 38.5. The molecule has 0 radical (unpaired) electrons. The van der Waals surface area contributed by atoms with Crippen molar-refractivity contribution in [2.75, 3.05) is 13.1 Å². The van der Waals surface area contributed by atoms with Gasteiger partial charge in [0.05, 0.1) is 0 Å². The Kier molecular flexibility index (Phi) is 37.2. The van der Waals surface area contributed by atoms with E-state index in [0.29, 0.717) is 12.8 Å². The van der Waals surface area contributed by atoms with Crippen LogP contribution in [0.25, 0.3) is 0 Å². The van der Waals surface area contributed by atoms with Crippen molar-refractivity contribution in [3.8, 4) is 0 Å². The summed E-state index contributed by atoms with van der Waals surface area (Å²) in [5.74, 6) is 0.391. The lowest BCUT2D eigenvalue weighted by Gasteiger charge is -2.07. The zero-order valence-electron chi connectivity index (χ0n) is 30.5. The molecule has 2 amide bonds. The molecule has 0 aromatic heterocycles. The first-order valence-corrected chi connectivity index (χ1v) is 20.0. The van der Waals surface area contributed by atoms with Crippen LogP contribution in [0.4, 0.5) is 0 Å². The van der Waals surface area contributed by atoms with Gasteiger partial charge in [-0.1, -0.05) is 141 Å². The molecule has 0 aliphatic heterocycles. The van der Waals surface area contributed by atoms with E-state index in [9.17, 15) is 9.59 Å². The fourth-order valence-electron chi connectivity index (χ4n) is 5.77. The molecule has 0 rings (SSSR count). The fourth-order valence-corrected chi connectivity index (χ4v) is 5.77. The van der Waals surface area contributed by atoms with Crippen molar-refractivity contribution in [1.29, 1.82) is 0 Å². The molecule has 0 aliphatic carbocycles. The summed E-state index contributed by atoms with van der Waals surface area (Å²) in [5, 5.41) is 6.13. The second-order valence-electron chi connectivity index (χ2n) is 13.4. The number of carbonyl (C=O) groups excluding carboxylic acids is 2. The quantitative estimate of drug-likeness (QED) is 0.0534. The van der Waals surface area contributed by atoms with Gasteiger partial charge >= 0.3 is 0 Å². The molecule has 0 saturated carbocycles. The minimum absolute atomic E-state index is 0.195. The number of allylic oxidation sites excluding steroid dienone is 4. The van der Waals surface area contributed by atoms with Crippen molar-refractivity contribution < 1.29 is 9.59 Å². The van der Waals surface area contributed by atoms with Gasteiger partial charge in [-0.15, -0.1) is 0 Å².